The quantitative estimate of drug-likeness (QED) is 0.640. The van der Waals surface area contributed by atoms with Crippen LogP contribution in [0.3, 0.4) is 0 Å². The maximum Gasteiger partial charge on any atom is 0.401 e. The van der Waals surface area contributed by atoms with E-state index in [0.29, 0.717) is 26.9 Å². The van der Waals surface area contributed by atoms with Crippen molar-refractivity contribution in [2.45, 2.75) is 6.18 Å². The fourth-order valence-corrected chi connectivity index (χ4v) is 4.29. The number of ether oxygens (including phenoxy) is 1. The summed E-state index contributed by atoms with van der Waals surface area (Å²) in [6.45, 7) is -1.00. The molecular formula is C21H19Cl2F3N4O3. The van der Waals surface area contributed by atoms with E-state index in [-0.39, 0.29) is 51.1 Å². The maximum atomic E-state index is 12.8. The van der Waals surface area contributed by atoms with Crippen LogP contribution in [0.1, 0.15) is 0 Å². The number of piperazine rings is 1. The summed E-state index contributed by atoms with van der Waals surface area (Å²) in [6.07, 6.45) is -2.76. The van der Waals surface area contributed by atoms with Gasteiger partial charge in [0.1, 0.15) is 6.54 Å². The van der Waals surface area contributed by atoms with Crippen LogP contribution in [-0.4, -0.2) is 78.6 Å². The van der Waals surface area contributed by atoms with Gasteiger partial charge in [-0.2, -0.15) is 13.2 Å². The molecule has 2 aromatic rings. The molecule has 2 amide bonds. The summed E-state index contributed by atoms with van der Waals surface area (Å²) in [5.41, 5.74) is 1.38. The van der Waals surface area contributed by atoms with Crippen molar-refractivity contribution in [3.05, 3.63) is 40.5 Å². The topological polar surface area (TPSA) is 66.0 Å². The van der Waals surface area contributed by atoms with Crippen molar-refractivity contribution in [3.63, 3.8) is 0 Å². The van der Waals surface area contributed by atoms with Gasteiger partial charge in [0.25, 0.3) is 5.91 Å². The van der Waals surface area contributed by atoms with E-state index in [0.717, 1.165) is 0 Å². The zero-order valence-electron chi connectivity index (χ0n) is 17.2. The van der Waals surface area contributed by atoms with E-state index in [1.54, 1.807) is 24.3 Å². The highest BCUT2D eigenvalue weighted by Crippen LogP contribution is 2.35. The largest absolute Gasteiger partial charge is 0.480 e. The molecule has 176 valence electrons. The van der Waals surface area contributed by atoms with E-state index in [4.69, 9.17) is 27.9 Å². The van der Waals surface area contributed by atoms with E-state index >= 15 is 0 Å². The Hall–Kier alpha value is -2.56. The SMILES string of the molecule is O=C(CN1C(=O)COc2cc(-c3cc(Cl)cc(Cl)c3)cnc21)N1CCN(CC(F)(F)F)CC1. The molecule has 7 nitrogen and oxygen atoms in total. The molecular weight excluding hydrogens is 484 g/mol. The van der Waals surface area contributed by atoms with Gasteiger partial charge in [0.15, 0.2) is 18.2 Å². The number of amides is 2. The average Bonchev–Trinajstić information content (AvgIpc) is 2.74. The van der Waals surface area contributed by atoms with Gasteiger partial charge in [0, 0.05) is 48.0 Å². The molecule has 1 fully saturated rings. The van der Waals surface area contributed by atoms with Gasteiger partial charge >= 0.3 is 6.18 Å². The van der Waals surface area contributed by atoms with Gasteiger partial charge in [0.05, 0.1) is 6.54 Å². The van der Waals surface area contributed by atoms with Crippen LogP contribution in [0.5, 0.6) is 5.75 Å². The first-order valence-corrected chi connectivity index (χ1v) is 10.8. The molecule has 1 aromatic carbocycles. The summed E-state index contributed by atoms with van der Waals surface area (Å²) >= 11 is 12.1. The number of benzene rings is 1. The molecule has 0 N–H and O–H groups in total. The Bertz CT molecular complexity index is 1050. The smallest absolute Gasteiger partial charge is 0.401 e. The number of carbonyl (C=O) groups excluding carboxylic acids is 2. The average molecular weight is 503 g/mol. The van der Waals surface area contributed by atoms with Crippen LogP contribution >= 0.6 is 23.2 Å². The minimum Gasteiger partial charge on any atom is -0.480 e. The number of hydrogen-bond donors (Lipinski definition) is 0. The fraction of sp³-hybridized carbons (Fsp3) is 0.381. The number of alkyl halides is 3. The highest BCUT2D eigenvalue weighted by molar-refractivity contribution is 6.35. The van der Waals surface area contributed by atoms with Crippen LogP contribution in [0.2, 0.25) is 10.0 Å². The first-order valence-electron chi connectivity index (χ1n) is 10.1. The lowest BCUT2D eigenvalue weighted by Crippen LogP contribution is -2.54. The van der Waals surface area contributed by atoms with Crippen molar-refractivity contribution in [1.82, 2.24) is 14.8 Å². The number of halogens is 5. The van der Waals surface area contributed by atoms with Crippen LogP contribution in [0.15, 0.2) is 30.5 Å². The van der Waals surface area contributed by atoms with E-state index in [1.807, 2.05) is 0 Å². The summed E-state index contributed by atoms with van der Waals surface area (Å²) in [7, 11) is 0. The van der Waals surface area contributed by atoms with Crippen molar-refractivity contribution in [1.29, 1.82) is 0 Å². The first kappa shape index (κ1) is 23.6. The molecule has 0 spiro atoms. The summed E-state index contributed by atoms with van der Waals surface area (Å²) in [4.78, 5) is 33.5. The Kier molecular flexibility index (Phi) is 6.69. The van der Waals surface area contributed by atoms with Gasteiger partial charge in [-0.1, -0.05) is 23.2 Å². The Labute approximate surface area is 197 Å². The van der Waals surface area contributed by atoms with Crippen molar-refractivity contribution in [2.75, 3.05) is 50.8 Å². The summed E-state index contributed by atoms with van der Waals surface area (Å²) in [5.74, 6) is -0.272. The lowest BCUT2D eigenvalue weighted by molar-refractivity contribution is -0.151. The molecule has 2 aliphatic heterocycles. The molecule has 0 atom stereocenters. The third kappa shape index (κ3) is 5.69. The number of carbonyl (C=O) groups is 2. The number of anilines is 1. The molecule has 0 bridgehead atoms. The second-order valence-electron chi connectivity index (χ2n) is 7.74. The number of aromatic nitrogens is 1. The molecule has 4 rings (SSSR count). The lowest BCUT2D eigenvalue weighted by atomic mass is 10.1. The van der Waals surface area contributed by atoms with Crippen molar-refractivity contribution in [3.8, 4) is 16.9 Å². The molecule has 33 heavy (non-hydrogen) atoms. The van der Waals surface area contributed by atoms with Gasteiger partial charge < -0.3 is 9.64 Å². The van der Waals surface area contributed by atoms with Gasteiger partial charge in [0.2, 0.25) is 5.91 Å². The molecule has 1 aromatic heterocycles. The summed E-state index contributed by atoms with van der Waals surface area (Å²) in [5, 5.41) is 0.905. The van der Waals surface area contributed by atoms with Crippen molar-refractivity contribution in [2.24, 2.45) is 0 Å². The van der Waals surface area contributed by atoms with Crippen molar-refractivity contribution >= 4 is 40.8 Å². The molecule has 0 radical (unpaired) electrons. The summed E-state index contributed by atoms with van der Waals surface area (Å²) in [6, 6.07) is 6.71. The predicted molar refractivity (Wildman–Crippen MR) is 117 cm³/mol. The van der Waals surface area contributed by atoms with Crippen LogP contribution in [0.4, 0.5) is 19.0 Å². The second-order valence-corrected chi connectivity index (χ2v) is 8.62. The molecule has 2 aliphatic rings. The van der Waals surface area contributed by atoms with Gasteiger partial charge in [-0.3, -0.25) is 19.4 Å². The van der Waals surface area contributed by atoms with Crippen molar-refractivity contribution < 1.29 is 27.5 Å². The monoisotopic (exact) mass is 502 g/mol. The normalized spacial score (nSPS) is 17.1. The number of fused-ring (bicyclic) bond motifs is 1. The molecule has 3 heterocycles. The zero-order valence-corrected chi connectivity index (χ0v) is 18.8. The Balaban J connectivity index is 1.46. The standard InChI is InChI=1S/C21H19Cl2F3N4O3/c22-15-5-13(6-16(23)8-15)14-7-17-20(27-9-14)30(19(32)11-33-17)10-18(31)29-3-1-28(2-4-29)12-21(24,25)26/h5-9H,1-4,10-12H2. The Morgan fingerprint density at radius 3 is 2.33 bits per heavy atom. The van der Waals surface area contributed by atoms with E-state index in [2.05, 4.69) is 4.98 Å². The highest BCUT2D eigenvalue weighted by atomic mass is 35.5. The van der Waals surface area contributed by atoms with E-state index < -0.39 is 18.6 Å². The Morgan fingerprint density at radius 2 is 1.70 bits per heavy atom. The molecule has 0 saturated carbocycles. The number of pyridine rings is 1. The summed E-state index contributed by atoms with van der Waals surface area (Å²) < 4.78 is 43.2. The molecule has 0 aliphatic carbocycles. The minimum absolute atomic E-state index is 0.114. The maximum absolute atomic E-state index is 12.8. The molecule has 0 unspecified atom stereocenters. The minimum atomic E-state index is -4.28. The number of hydrogen-bond acceptors (Lipinski definition) is 5. The lowest BCUT2D eigenvalue weighted by Gasteiger charge is -2.36. The van der Waals surface area contributed by atoms with Crippen LogP contribution in [-0.2, 0) is 9.59 Å². The van der Waals surface area contributed by atoms with Crippen LogP contribution in [0.25, 0.3) is 11.1 Å². The second kappa shape index (κ2) is 9.36. The van der Waals surface area contributed by atoms with E-state index in [9.17, 15) is 22.8 Å². The third-order valence-electron chi connectivity index (χ3n) is 5.36. The van der Waals surface area contributed by atoms with Gasteiger partial charge in [-0.15, -0.1) is 0 Å². The number of rotatable bonds is 4. The Morgan fingerprint density at radius 1 is 1.03 bits per heavy atom. The van der Waals surface area contributed by atoms with E-state index in [1.165, 1.54) is 20.9 Å². The fourth-order valence-electron chi connectivity index (χ4n) is 3.77. The molecule has 1 saturated heterocycles. The number of nitrogens with zero attached hydrogens (tertiary/aromatic N) is 4. The predicted octanol–water partition coefficient (Wildman–Crippen LogP) is 3.49. The van der Waals surface area contributed by atoms with Gasteiger partial charge in [-0.25, -0.2) is 4.98 Å². The first-order chi connectivity index (χ1) is 15.6. The zero-order chi connectivity index (χ0) is 23.8. The van der Waals surface area contributed by atoms with Crippen LogP contribution in [0, 0.1) is 0 Å². The van der Waals surface area contributed by atoms with Crippen LogP contribution < -0.4 is 9.64 Å². The highest BCUT2D eigenvalue weighted by Gasteiger charge is 2.34. The third-order valence-corrected chi connectivity index (χ3v) is 5.79. The molecule has 12 heteroatoms. The van der Waals surface area contributed by atoms with Gasteiger partial charge in [-0.05, 0) is 29.8 Å².